The van der Waals surface area contributed by atoms with Crippen molar-refractivity contribution in [2.45, 2.75) is 17.7 Å². The second-order valence-electron chi connectivity index (χ2n) is 7.69. The van der Waals surface area contributed by atoms with Crippen molar-refractivity contribution in [3.8, 4) is 5.75 Å². The molecule has 1 heterocycles. The molecule has 0 atom stereocenters. The van der Waals surface area contributed by atoms with Crippen LogP contribution in [0.1, 0.15) is 22.3 Å². The van der Waals surface area contributed by atoms with Crippen LogP contribution in [0, 0.1) is 0 Å². The first-order valence-electron chi connectivity index (χ1n) is 10.7. The molecule has 0 saturated heterocycles. The highest BCUT2D eigenvalue weighted by Crippen LogP contribution is 2.28. The molecule has 176 valence electrons. The number of esters is 1. The largest absolute Gasteiger partial charge is 0.495 e. The molecule has 1 aliphatic heterocycles. The van der Waals surface area contributed by atoms with E-state index in [0.717, 1.165) is 24.1 Å². The number of hydrogen-bond donors (Lipinski definition) is 1. The van der Waals surface area contributed by atoms with Gasteiger partial charge in [-0.25, -0.2) is 13.2 Å². The number of carbonyl (C=O) groups excluding carboxylic acids is 2. The van der Waals surface area contributed by atoms with Crippen molar-refractivity contribution in [1.29, 1.82) is 0 Å². The lowest BCUT2D eigenvalue weighted by atomic mass is 10.0. The summed E-state index contributed by atoms with van der Waals surface area (Å²) in [5, 5.41) is 0. The number of hydrogen-bond acceptors (Lipinski definition) is 6. The molecule has 0 aromatic heterocycles. The molecule has 0 bridgehead atoms. The van der Waals surface area contributed by atoms with E-state index in [-0.39, 0.29) is 22.1 Å². The van der Waals surface area contributed by atoms with Gasteiger partial charge >= 0.3 is 5.97 Å². The zero-order valence-corrected chi connectivity index (χ0v) is 19.4. The molecule has 1 N–H and O–H groups in total. The number of ether oxygens (including phenoxy) is 2. The number of aryl methyl sites for hydroxylation is 1. The third-order valence-corrected chi connectivity index (χ3v) is 6.83. The summed E-state index contributed by atoms with van der Waals surface area (Å²) in [6.07, 6.45) is 1.72. The molecule has 1 aliphatic rings. The van der Waals surface area contributed by atoms with E-state index in [1.54, 1.807) is 29.2 Å². The van der Waals surface area contributed by atoms with E-state index in [9.17, 15) is 18.0 Å². The Morgan fingerprint density at radius 2 is 1.76 bits per heavy atom. The predicted octanol–water partition coefficient (Wildman–Crippen LogP) is 3.63. The van der Waals surface area contributed by atoms with Crippen LogP contribution in [0.4, 0.5) is 11.4 Å². The van der Waals surface area contributed by atoms with Gasteiger partial charge in [0.1, 0.15) is 5.75 Å². The van der Waals surface area contributed by atoms with E-state index < -0.39 is 22.6 Å². The number of amides is 1. The third-order valence-electron chi connectivity index (χ3n) is 5.47. The van der Waals surface area contributed by atoms with E-state index in [4.69, 9.17) is 9.47 Å². The van der Waals surface area contributed by atoms with Crippen LogP contribution in [0.5, 0.6) is 5.75 Å². The highest BCUT2D eigenvalue weighted by Gasteiger charge is 2.24. The Morgan fingerprint density at radius 1 is 1.00 bits per heavy atom. The SMILES string of the molecule is COc1ccccc1NS(=O)(=O)c1cccc(C(=O)OCC(=O)N2CCCc3ccccc32)c1. The van der Waals surface area contributed by atoms with Gasteiger partial charge < -0.3 is 14.4 Å². The zero-order chi connectivity index (χ0) is 24.1. The average Bonchev–Trinajstić information content (AvgIpc) is 2.87. The normalized spacial score (nSPS) is 13.0. The van der Waals surface area contributed by atoms with Crippen molar-refractivity contribution >= 4 is 33.3 Å². The molecular weight excluding hydrogens is 456 g/mol. The number of methoxy groups -OCH3 is 1. The van der Waals surface area contributed by atoms with Crippen LogP contribution in [0.2, 0.25) is 0 Å². The quantitative estimate of drug-likeness (QED) is 0.518. The molecule has 1 amide bonds. The van der Waals surface area contributed by atoms with Crippen molar-refractivity contribution < 1.29 is 27.5 Å². The Labute approximate surface area is 198 Å². The number of rotatable bonds is 7. The third kappa shape index (κ3) is 5.04. The summed E-state index contributed by atoms with van der Waals surface area (Å²) in [5.74, 6) is -0.755. The first-order chi connectivity index (χ1) is 16.4. The van der Waals surface area contributed by atoms with E-state index in [2.05, 4.69) is 4.72 Å². The van der Waals surface area contributed by atoms with E-state index >= 15 is 0 Å². The van der Waals surface area contributed by atoms with Gasteiger partial charge in [0.25, 0.3) is 15.9 Å². The van der Waals surface area contributed by atoms with Crippen LogP contribution in [0.3, 0.4) is 0 Å². The number of sulfonamides is 1. The molecule has 0 aliphatic carbocycles. The van der Waals surface area contributed by atoms with Gasteiger partial charge in [-0.05, 0) is 54.8 Å². The molecule has 0 spiro atoms. The summed E-state index contributed by atoms with van der Waals surface area (Å²) in [6, 6.07) is 19.7. The fraction of sp³-hybridized carbons (Fsp3) is 0.200. The minimum absolute atomic E-state index is 0.0229. The number of anilines is 2. The van der Waals surface area contributed by atoms with Crippen LogP contribution in [-0.4, -0.2) is 40.6 Å². The Bertz CT molecular complexity index is 1320. The minimum Gasteiger partial charge on any atom is -0.495 e. The van der Waals surface area contributed by atoms with Gasteiger partial charge in [-0.15, -0.1) is 0 Å². The van der Waals surface area contributed by atoms with Gasteiger partial charge in [-0.2, -0.15) is 0 Å². The monoisotopic (exact) mass is 480 g/mol. The summed E-state index contributed by atoms with van der Waals surface area (Å²) >= 11 is 0. The molecule has 3 aromatic rings. The highest BCUT2D eigenvalue weighted by atomic mass is 32.2. The minimum atomic E-state index is -4.00. The Hall–Kier alpha value is -3.85. The second-order valence-corrected chi connectivity index (χ2v) is 9.37. The van der Waals surface area contributed by atoms with Gasteiger partial charge in [0.2, 0.25) is 0 Å². The number of fused-ring (bicyclic) bond motifs is 1. The van der Waals surface area contributed by atoms with E-state index in [1.165, 1.54) is 31.4 Å². The van der Waals surface area contributed by atoms with Crippen LogP contribution < -0.4 is 14.4 Å². The lowest BCUT2D eigenvalue weighted by Crippen LogP contribution is -2.38. The smallest absolute Gasteiger partial charge is 0.338 e. The summed E-state index contributed by atoms with van der Waals surface area (Å²) in [7, 11) is -2.56. The molecule has 9 heteroatoms. The van der Waals surface area contributed by atoms with Crippen LogP contribution in [0.25, 0.3) is 0 Å². The lowest BCUT2D eigenvalue weighted by molar-refractivity contribution is -0.121. The molecule has 0 fully saturated rings. The molecule has 3 aromatic carbocycles. The molecule has 34 heavy (non-hydrogen) atoms. The van der Waals surface area contributed by atoms with Gasteiger partial charge in [0.05, 0.1) is 23.3 Å². The molecule has 8 nitrogen and oxygen atoms in total. The maximum atomic E-state index is 12.9. The molecule has 0 unspecified atom stereocenters. The first-order valence-corrected chi connectivity index (χ1v) is 12.2. The molecule has 0 saturated carbocycles. The Kier molecular flexibility index (Phi) is 6.83. The Morgan fingerprint density at radius 3 is 2.59 bits per heavy atom. The standard InChI is InChI=1S/C25H24N2O6S/c1-32-23-14-5-3-12-21(23)26-34(30,31)20-11-6-9-19(16-20)25(29)33-17-24(28)27-15-7-10-18-8-2-4-13-22(18)27/h2-6,8-9,11-14,16,26H,7,10,15,17H2,1H3. The maximum Gasteiger partial charge on any atom is 0.338 e. The number of carbonyl (C=O) groups is 2. The summed E-state index contributed by atoms with van der Waals surface area (Å²) in [5.41, 5.74) is 2.19. The highest BCUT2D eigenvalue weighted by molar-refractivity contribution is 7.92. The van der Waals surface area contributed by atoms with Crippen molar-refractivity contribution in [3.05, 3.63) is 83.9 Å². The second kappa shape index (κ2) is 9.96. The number of nitrogens with zero attached hydrogens (tertiary/aromatic N) is 1. The maximum absolute atomic E-state index is 12.9. The van der Waals surface area contributed by atoms with Crippen molar-refractivity contribution in [1.82, 2.24) is 0 Å². The fourth-order valence-corrected chi connectivity index (χ4v) is 4.92. The van der Waals surface area contributed by atoms with Crippen LogP contribution in [-0.2, 0) is 26.0 Å². The van der Waals surface area contributed by atoms with Crippen molar-refractivity contribution in [3.63, 3.8) is 0 Å². The van der Waals surface area contributed by atoms with Crippen LogP contribution in [0.15, 0.2) is 77.7 Å². The van der Waals surface area contributed by atoms with Crippen LogP contribution >= 0.6 is 0 Å². The van der Waals surface area contributed by atoms with Gasteiger partial charge in [-0.1, -0.05) is 36.4 Å². The average molecular weight is 481 g/mol. The van der Waals surface area contributed by atoms with Gasteiger partial charge in [0, 0.05) is 12.2 Å². The fourth-order valence-electron chi connectivity index (χ4n) is 3.80. The summed E-state index contributed by atoms with van der Waals surface area (Å²) < 4.78 is 38.6. The molecule has 4 rings (SSSR count). The topological polar surface area (TPSA) is 102 Å². The number of para-hydroxylation sites is 3. The van der Waals surface area contributed by atoms with E-state index in [1.807, 2.05) is 24.3 Å². The summed E-state index contributed by atoms with van der Waals surface area (Å²) in [4.78, 5) is 26.8. The van der Waals surface area contributed by atoms with Gasteiger partial charge in [-0.3, -0.25) is 9.52 Å². The van der Waals surface area contributed by atoms with Gasteiger partial charge in [0.15, 0.2) is 6.61 Å². The predicted molar refractivity (Wildman–Crippen MR) is 128 cm³/mol. The molecular formula is C25H24N2O6S. The van der Waals surface area contributed by atoms with E-state index in [0.29, 0.717) is 12.3 Å². The summed E-state index contributed by atoms with van der Waals surface area (Å²) in [6.45, 7) is 0.110. The number of nitrogens with one attached hydrogen (secondary N) is 1. The lowest BCUT2D eigenvalue weighted by Gasteiger charge is -2.29. The zero-order valence-electron chi connectivity index (χ0n) is 18.6. The molecule has 0 radical (unpaired) electrons. The van der Waals surface area contributed by atoms with Crippen molar-refractivity contribution in [2.75, 3.05) is 29.9 Å². The Balaban J connectivity index is 1.44. The first kappa shape index (κ1) is 23.3. The number of benzene rings is 3. The van der Waals surface area contributed by atoms with Crippen molar-refractivity contribution in [2.24, 2.45) is 0 Å².